The molecule has 0 bridgehead atoms. The average Bonchev–Trinajstić information content (AvgIpc) is 3.06. The third-order valence-electron chi connectivity index (χ3n) is 5.86. The molecule has 2 fully saturated rings. The van der Waals surface area contributed by atoms with Crippen molar-refractivity contribution in [2.75, 3.05) is 32.7 Å². The number of pyridine rings is 1. The lowest BCUT2D eigenvalue weighted by atomic mass is 10.1. The Balaban J connectivity index is 1.23. The molecule has 0 radical (unpaired) electrons. The Morgan fingerprint density at radius 2 is 1.68 bits per heavy atom. The number of nitrogens with zero attached hydrogens (tertiary/aromatic N) is 4. The van der Waals surface area contributed by atoms with Gasteiger partial charge in [-0.2, -0.15) is 0 Å². The van der Waals surface area contributed by atoms with Gasteiger partial charge in [0.1, 0.15) is 6.04 Å². The van der Waals surface area contributed by atoms with Gasteiger partial charge in [-0.05, 0) is 29.7 Å². The summed E-state index contributed by atoms with van der Waals surface area (Å²) in [4.78, 5) is 47.0. The third-order valence-corrected chi connectivity index (χ3v) is 5.86. The number of nitrogens with one attached hydrogen (secondary N) is 1. The van der Waals surface area contributed by atoms with Crippen LogP contribution in [0.5, 0.6) is 0 Å². The van der Waals surface area contributed by atoms with Crippen LogP contribution >= 0.6 is 0 Å². The second-order valence-corrected chi connectivity index (χ2v) is 7.94. The topological polar surface area (TPSA) is 85.8 Å². The van der Waals surface area contributed by atoms with Gasteiger partial charge in [0, 0.05) is 45.1 Å². The monoisotopic (exact) mass is 421 g/mol. The molecular formula is C23H27N5O3. The molecule has 8 heteroatoms. The van der Waals surface area contributed by atoms with Gasteiger partial charge in [0.25, 0.3) is 5.91 Å². The van der Waals surface area contributed by atoms with Crippen molar-refractivity contribution in [3.8, 4) is 0 Å². The molecule has 31 heavy (non-hydrogen) atoms. The minimum Gasteiger partial charge on any atom is -0.340 e. The fraction of sp³-hybridized carbons (Fsp3) is 0.391. The van der Waals surface area contributed by atoms with Gasteiger partial charge < -0.3 is 10.2 Å². The molecule has 1 N–H and O–H groups in total. The molecule has 2 saturated heterocycles. The summed E-state index contributed by atoms with van der Waals surface area (Å²) in [5.41, 5.74) is 2.13. The SMILES string of the molecule is O=C(C[C@@H]1NC(=O)N(Cc2ccccc2)C1=O)N1CCN(CCc2ccncc2)CC1. The number of hydrogen-bond acceptors (Lipinski definition) is 5. The number of hydrogen-bond donors (Lipinski definition) is 1. The van der Waals surface area contributed by atoms with Crippen LogP contribution in [0.25, 0.3) is 0 Å². The predicted molar refractivity (Wildman–Crippen MR) is 115 cm³/mol. The molecule has 2 aliphatic rings. The standard InChI is InChI=1S/C23H27N5O3/c29-21(27-14-12-26(13-15-27)11-8-18-6-9-24-10-7-18)16-20-22(30)28(23(31)25-20)17-19-4-2-1-3-5-19/h1-7,9-10,20H,8,11-17H2,(H,25,31)/t20-/m0/s1. The summed E-state index contributed by atoms with van der Waals surface area (Å²) in [6.45, 7) is 4.05. The van der Waals surface area contributed by atoms with E-state index in [1.54, 1.807) is 17.3 Å². The first kappa shape index (κ1) is 21.0. The van der Waals surface area contributed by atoms with E-state index >= 15 is 0 Å². The fourth-order valence-corrected chi connectivity index (χ4v) is 3.99. The lowest BCUT2D eigenvalue weighted by molar-refractivity contribution is -0.137. The van der Waals surface area contributed by atoms with Crippen LogP contribution < -0.4 is 5.32 Å². The van der Waals surface area contributed by atoms with Gasteiger partial charge in [0.15, 0.2) is 0 Å². The van der Waals surface area contributed by atoms with Gasteiger partial charge in [0.2, 0.25) is 5.91 Å². The van der Waals surface area contributed by atoms with E-state index in [0.29, 0.717) is 13.1 Å². The molecule has 1 aromatic carbocycles. The molecule has 4 amide bonds. The minimum absolute atomic E-state index is 0.00682. The van der Waals surface area contributed by atoms with Crippen molar-refractivity contribution in [1.82, 2.24) is 25.0 Å². The lowest BCUT2D eigenvalue weighted by Crippen LogP contribution is -2.50. The van der Waals surface area contributed by atoms with Crippen LogP contribution in [0, 0.1) is 0 Å². The van der Waals surface area contributed by atoms with E-state index in [-0.39, 0.29) is 24.8 Å². The maximum absolute atomic E-state index is 12.7. The molecule has 2 aromatic rings. The number of urea groups is 1. The summed E-state index contributed by atoms with van der Waals surface area (Å²) in [5.74, 6) is -0.424. The van der Waals surface area contributed by atoms with Crippen LogP contribution in [0.3, 0.4) is 0 Å². The zero-order valence-corrected chi connectivity index (χ0v) is 17.4. The number of carbonyl (C=O) groups excluding carboxylic acids is 3. The average molecular weight is 422 g/mol. The summed E-state index contributed by atoms with van der Waals surface area (Å²) >= 11 is 0. The molecule has 8 nitrogen and oxygen atoms in total. The summed E-state index contributed by atoms with van der Waals surface area (Å²) in [6, 6.07) is 12.2. The fourth-order valence-electron chi connectivity index (χ4n) is 3.99. The Hall–Kier alpha value is -3.26. The molecule has 0 unspecified atom stereocenters. The van der Waals surface area contributed by atoms with Crippen molar-refractivity contribution in [3.05, 3.63) is 66.0 Å². The van der Waals surface area contributed by atoms with Gasteiger partial charge in [-0.3, -0.25) is 24.4 Å². The Bertz CT molecular complexity index is 913. The van der Waals surface area contributed by atoms with Crippen LogP contribution in [-0.4, -0.2) is 76.3 Å². The maximum Gasteiger partial charge on any atom is 0.325 e. The van der Waals surface area contributed by atoms with Gasteiger partial charge in [-0.15, -0.1) is 0 Å². The summed E-state index contributed by atoms with van der Waals surface area (Å²) in [7, 11) is 0. The van der Waals surface area contributed by atoms with Crippen LogP contribution in [0.4, 0.5) is 4.79 Å². The normalized spacial score (nSPS) is 19.5. The van der Waals surface area contributed by atoms with Gasteiger partial charge >= 0.3 is 6.03 Å². The van der Waals surface area contributed by atoms with E-state index in [1.807, 2.05) is 42.5 Å². The second kappa shape index (κ2) is 9.70. The molecule has 3 heterocycles. The molecule has 162 valence electrons. The number of benzene rings is 1. The summed E-state index contributed by atoms with van der Waals surface area (Å²) in [5, 5.41) is 2.67. The van der Waals surface area contributed by atoms with Gasteiger partial charge in [0.05, 0.1) is 13.0 Å². The molecular weight excluding hydrogens is 394 g/mol. The second-order valence-electron chi connectivity index (χ2n) is 7.94. The maximum atomic E-state index is 12.7. The van der Waals surface area contributed by atoms with Crippen molar-refractivity contribution in [2.24, 2.45) is 0 Å². The molecule has 0 saturated carbocycles. The van der Waals surface area contributed by atoms with E-state index in [1.165, 1.54) is 10.5 Å². The Labute approximate surface area is 181 Å². The minimum atomic E-state index is -0.784. The van der Waals surface area contributed by atoms with Crippen molar-refractivity contribution in [2.45, 2.75) is 25.4 Å². The van der Waals surface area contributed by atoms with Crippen molar-refractivity contribution in [1.29, 1.82) is 0 Å². The van der Waals surface area contributed by atoms with E-state index in [0.717, 1.165) is 31.6 Å². The third kappa shape index (κ3) is 5.27. The highest BCUT2D eigenvalue weighted by molar-refractivity contribution is 6.05. The van der Waals surface area contributed by atoms with Crippen LogP contribution in [0.2, 0.25) is 0 Å². The first-order valence-corrected chi connectivity index (χ1v) is 10.6. The van der Waals surface area contributed by atoms with Gasteiger partial charge in [-0.25, -0.2) is 4.79 Å². The number of imide groups is 1. The zero-order chi connectivity index (χ0) is 21.6. The van der Waals surface area contributed by atoms with Crippen molar-refractivity contribution < 1.29 is 14.4 Å². The van der Waals surface area contributed by atoms with Crippen LogP contribution in [-0.2, 0) is 22.6 Å². The molecule has 0 spiro atoms. The van der Waals surface area contributed by atoms with Crippen LogP contribution in [0.15, 0.2) is 54.9 Å². The van der Waals surface area contributed by atoms with Gasteiger partial charge in [-0.1, -0.05) is 30.3 Å². The Kier molecular flexibility index (Phi) is 6.57. The quantitative estimate of drug-likeness (QED) is 0.681. The number of piperazine rings is 1. The largest absolute Gasteiger partial charge is 0.340 e. The molecule has 0 aliphatic carbocycles. The number of aromatic nitrogens is 1. The van der Waals surface area contributed by atoms with Crippen molar-refractivity contribution >= 4 is 17.8 Å². The number of rotatable bonds is 7. The van der Waals surface area contributed by atoms with Crippen LogP contribution in [0.1, 0.15) is 17.5 Å². The highest BCUT2D eigenvalue weighted by atomic mass is 16.2. The number of carbonyl (C=O) groups is 3. The lowest BCUT2D eigenvalue weighted by Gasteiger charge is -2.35. The molecule has 1 atom stereocenters. The molecule has 1 aromatic heterocycles. The Morgan fingerprint density at radius 3 is 2.39 bits per heavy atom. The van der Waals surface area contributed by atoms with E-state index in [2.05, 4.69) is 15.2 Å². The van der Waals surface area contributed by atoms with E-state index < -0.39 is 12.1 Å². The Morgan fingerprint density at radius 1 is 0.968 bits per heavy atom. The first-order chi connectivity index (χ1) is 15.1. The smallest absolute Gasteiger partial charge is 0.325 e. The van der Waals surface area contributed by atoms with Crippen molar-refractivity contribution in [3.63, 3.8) is 0 Å². The van der Waals surface area contributed by atoms with E-state index in [4.69, 9.17) is 0 Å². The summed E-state index contributed by atoms with van der Waals surface area (Å²) in [6.07, 6.45) is 4.56. The van der Waals surface area contributed by atoms with E-state index in [9.17, 15) is 14.4 Å². The predicted octanol–water partition coefficient (Wildman–Crippen LogP) is 1.28. The highest BCUT2D eigenvalue weighted by Gasteiger charge is 2.39. The first-order valence-electron chi connectivity index (χ1n) is 10.6. The molecule has 2 aliphatic heterocycles. The molecule has 4 rings (SSSR count). The highest BCUT2D eigenvalue weighted by Crippen LogP contribution is 2.16. The summed E-state index contributed by atoms with van der Waals surface area (Å²) < 4.78 is 0. The zero-order valence-electron chi connectivity index (χ0n) is 17.4. The number of amides is 4.